The molecule has 2 aromatic heterocycles. The first-order valence-electron chi connectivity index (χ1n) is 14.4. The summed E-state index contributed by atoms with van der Waals surface area (Å²) in [7, 11) is 2.71. The second-order valence-electron chi connectivity index (χ2n) is 11.1. The van der Waals surface area contributed by atoms with Gasteiger partial charge in [-0.25, -0.2) is 13.9 Å². The average molecular weight is 585 g/mol. The van der Waals surface area contributed by atoms with E-state index in [-0.39, 0.29) is 11.3 Å². The number of carbonyl (C=O) groups is 1. The first kappa shape index (κ1) is 28.6. The fourth-order valence-corrected chi connectivity index (χ4v) is 5.94. The van der Waals surface area contributed by atoms with Crippen molar-refractivity contribution in [3.63, 3.8) is 0 Å². The molecule has 6 aromatic rings. The highest BCUT2D eigenvalue weighted by Crippen LogP contribution is 2.40. The van der Waals surface area contributed by atoms with Gasteiger partial charge in [0.15, 0.2) is 17.1 Å². The highest BCUT2D eigenvalue weighted by molar-refractivity contribution is 6.00. The van der Waals surface area contributed by atoms with Gasteiger partial charge in [0.05, 0.1) is 5.92 Å². The zero-order valence-electron chi connectivity index (χ0n) is 24.8. The molecule has 8 heteroatoms. The Morgan fingerprint density at radius 3 is 2.09 bits per heavy atom. The van der Waals surface area contributed by atoms with Crippen molar-refractivity contribution >= 4 is 16.8 Å². The SMILES string of the molecule is Cc1ccc(C(c2c([O-])n(C)c(=O)n(C)c2=O)C(C(=O)c2ccccc2)n2c[n+](Cc3ccccc3)c3ccccc32)cc1. The fraction of sp³-hybridized carbons (Fsp3) is 0.167. The average Bonchev–Trinajstić information content (AvgIpc) is 3.41. The van der Waals surface area contributed by atoms with E-state index in [1.54, 1.807) is 24.3 Å². The van der Waals surface area contributed by atoms with Gasteiger partial charge in [-0.15, -0.1) is 0 Å². The summed E-state index contributed by atoms with van der Waals surface area (Å²) < 4.78 is 5.82. The Hall–Kier alpha value is -5.50. The number of imidazole rings is 1. The molecule has 0 aliphatic heterocycles. The minimum atomic E-state index is -1.04. The van der Waals surface area contributed by atoms with Crippen LogP contribution in [-0.2, 0) is 20.6 Å². The Balaban J connectivity index is 1.69. The van der Waals surface area contributed by atoms with Gasteiger partial charge in [-0.1, -0.05) is 103 Å². The molecule has 0 aliphatic carbocycles. The molecule has 0 N–H and O–H groups in total. The van der Waals surface area contributed by atoms with Gasteiger partial charge in [0, 0.05) is 25.2 Å². The lowest BCUT2D eigenvalue weighted by atomic mass is 9.81. The van der Waals surface area contributed by atoms with E-state index >= 15 is 0 Å². The number of hydrogen-bond acceptors (Lipinski definition) is 4. The summed E-state index contributed by atoms with van der Waals surface area (Å²) in [5, 5.41) is 13.9. The number of hydrogen-bond donors (Lipinski definition) is 0. The van der Waals surface area contributed by atoms with Crippen LogP contribution in [0.5, 0.6) is 5.88 Å². The number of carbonyl (C=O) groups excluding carboxylic acids is 1. The molecular weight excluding hydrogens is 552 g/mol. The Morgan fingerprint density at radius 1 is 0.795 bits per heavy atom. The van der Waals surface area contributed by atoms with Gasteiger partial charge >= 0.3 is 5.69 Å². The molecule has 8 nitrogen and oxygen atoms in total. The number of para-hydroxylation sites is 2. The van der Waals surface area contributed by atoms with E-state index in [1.807, 2.05) is 103 Å². The maximum absolute atomic E-state index is 14.8. The summed E-state index contributed by atoms with van der Waals surface area (Å²) in [5.74, 6) is -2.00. The van der Waals surface area contributed by atoms with Crippen molar-refractivity contribution in [2.75, 3.05) is 0 Å². The van der Waals surface area contributed by atoms with Gasteiger partial charge in [0.2, 0.25) is 12.1 Å². The lowest BCUT2D eigenvalue weighted by molar-refractivity contribution is -0.663. The van der Waals surface area contributed by atoms with Crippen molar-refractivity contribution in [1.29, 1.82) is 0 Å². The predicted molar refractivity (Wildman–Crippen MR) is 167 cm³/mol. The molecule has 2 atom stereocenters. The molecule has 0 amide bonds. The Bertz CT molecular complexity index is 2090. The summed E-state index contributed by atoms with van der Waals surface area (Å²) in [4.78, 5) is 41.4. The third-order valence-electron chi connectivity index (χ3n) is 8.26. The number of aryl methyl sites for hydroxylation is 1. The molecule has 44 heavy (non-hydrogen) atoms. The summed E-state index contributed by atoms with van der Waals surface area (Å²) >= 11 is 0. The lowest BCUT2D eigenvalue weighted by Gasteiger charge is -2.29. The smallest absolute Gasteiger partial charge is 0.329 e. The van der Waals surface area contributed by atoms with Gasteiger partial charge in [-0.05, 0) is 36.1 Å². The van der Waals surface area contributed by atoms with E-state index in [0.717, 1.165) is 31.3 Å². The molecule has 220 valence electrons. The highest BCUT2D eigenvalue weighted by atomic mass is 16.3. The second kappa shape index (κ2) is 11.6. The molecule has 2 heterocycles. The van der Waals surface area contributed by atoms with Gasteiger partial charge in [0.25, 0.3) is 5.56 Å². The van der Waals surface area contributed by atoms with Crippen LogP contribution in [-0.4, -0.2) is 19.5 Å². The lowest BCUT2D eigenvalue weighted by Crippen LogP contribution is -2.43. The molecule has 4 aromatic carbocycles. The van der Waals surface area contributed by atoms with Gasteiger partial charge in [-0.2, -0.15) is 0 Å². The standard InChI is InChI=1S/C36H32N4O4/c1-24-18-20-26(21-19-24)30(31-34(42)37(2)36(44)38(3)35(31)43)32(33(41)27-14-8-5-9-15-27)40-23-39(22-25-12-6-4-7-13-25)28-16-10-11-17-29(28)40/h4-21,23,30,32H,22H2,1-3H3. The van der Waals surface area contributed by atoms with Crippen LogP contribution in [0.1, 0.15) is 44.6 Å². The molecule has 0 saturated carbocycles. The van der Waals surface area contributed by atoms with Crippen LogP contribution < -0.4 is 20.9 Å². The maximum Gasteiger partial charge on any atom is 0.329 e. The number of ketones is 1. The number of rotatable bonds is 8. The third-order valence-corrected chi connectivity index (χ3v) is 8.26. The topological polar surface area (TPSA) is 92.9 Å². The maximum atomic E-state index is 14.8. The number of aromatic nitrogens is 4. The number of benzene rings is 4. The molecule has 0 aliphatic rings. The zero-order chi connectivity index (χ0) is 31.0. The molecule has 0 saturated heterocycles. The quantitative estimate of drug-likeness (QED) is 0.200. The van der Waals surface area contributed by atoms with Crippen molar-refractivity contribution < 1.29 is 14.5 Å². The Kier molecular flexibility index (Phi) is 7.57. The zero-order valence-corrected chi connectivity index (χ0v) is 24.8. The fourth-order valence-electron chi connectivity index (χ4n) is 5.94. The summed E-state index contributed by atoms with van der Waals surface area (Å²) in [6.45, 7) is 2.49. The van der Waals surface area contributed by atoms with Crippen LogP contribution in [0, 0.1) is 6.92 Å². The number of fused-ring (bicyclic) bond motifs is 1. The molecule has 0 fully saturated rings. The minimum absolute atomic E-state index is 0.139. The molecular formula is C36H32N4O4. The van der Waals surface area contributed by atoms with Crippen LogP contribution >= 0.6 is 0 Å². The number of nitrogens with zero attached hydrogens (tertiary/aromatic N) is 4. The Morgan fingerprint density at radius 2 is 1.41 bits per heavy atom. The number of Topliss-reactive ketones (excluding diaryl/α,β-unsaturated/α-hetero) is 1. The van der Waals surface area contributed by atoms with Crippen LogP contribution in [0.25, 0.3) is 11.0 Å². The summed E-state index contributed by atoms with van der Waals surface area (Å²) in [6, 6.07) is 33.1. The molecule has 0 radical (unpaired) electrons. The monoisotopic (exact) mass is 584 g/mol. The van der Waals surface area contributed by atoms with E-state index in [9.17, 15) is 19.5 Å². The van der Waals surface area contributed by atoms with Crippen LogP contribution in [0.2, 0.25) is 0 Å². The van der Waals surface area contributed by atoms with Crippen LogP contribution in [0.15, 0.2) is 125 Å². The summed E-state index contributed by atoms with van der Waals surface area (Å²) in [6.07, 6.45) is 1.89. The second-order valence-corrected chi connectivity index (χ2v) is 11.1. The van der Waals surface area contributed by atoms with E-state index in [0.29, 0.717) is 17.7 Å². The third kappa shape index (κ3) is 5.04. The Labute approximate surface area is 254 Å². The van der Waals surface area contributed by atoms with Gasteiger partial charge in [0.1, 0.15) is 6.54 Å². The van der Waals surface area contributed by atoms with Crippen molar-refractivity contribution in [3.8, 4) is 5.88 Å². The molecule has 6 rings (SSSR count). The van der Waals surface area contributed by atoms with Crippen molar-refractivity contribution in [3.05, 3.63) is 164 Å². The van der Waals surface area contributed by atoms with E-state index in [1.165, 1.54) is 14.1 Å². The normalized spacial score (nSPS) is 12.7. The molecule has 2 unspecified atom stereocenters. The highest BCUT2D eigenvalue weighted by Gasteiger charge is 2.41. The van der Waals surface area contributed by atoms with Gasteiger partial charge < -0.3 is 9.67 Å². The van der Waals surface area contributed by atoms with Crippen molar-refractivity contribution in [1.82, 2.24) is 13.7 Å². The largest absolute Gasteiger partial charge is 0.860 e. The van der Waals surface area contributed by atoms with E-state index in [2.05, 4.69) is 4.57 Å². The van der Waals surface area contributed by atoms with Crippen LogP contribution in [0.3, 0.4) is 0 Å². The van der Waals surface area contributed by atoms with Gasteiger partial charge in [-0.3, -0.25) is 14.2 Å². The van der Waals surface area contributed by atoms with E-state index in [4.69, 9.17) is 0 Å². The first-order valence-corrected chi connectivity index (χ1v) is 14.4. The minimum Gasteiger partial charge on any atom is -0.860 e. The van der Waals surface area contributed by atoms with Crippen molar-refractivity contribution in [2.24, 2.45) is 14.1 Å². The van der Waals surface area contributed by atoms with Crippen LogP contribution in [0.4, 0.5) is 0 Å². The molecule has 0 spiro atoms. The van der Waals surface area contributed by atoms with E-state index < -0.39 is 29.1 Å². The van der Waals surface area contributed by atoms with Crippen molar-refractivity contribution in [2.45, 2.75) is 25.4 Å². The predicted octanol–water partition coefficient (Wildman–Crippen LogP) is 4.01. The summed E-state index contributed by atoms with van der Waals surface area (Å²) in [5.41, 5.74) is 3.20. The first-order chi connectivity index (χ1) is 21.3. The molecule has 0 bridgehead atoms.